The molecule has 0 radical (unpaired) electrons. The predicted molar refractivity (Wildman–Crippen MR) is 82.7 cm³/mol. The summed E-state index contributed by atoms with van der Waals surface area (Å²) in [7, 11) is 0. The predicted octanol–water partition coefficient (Wildman–Crippen LogP) is 3.84. The van der Waals surface area contributed by atoms with Gasteiger partial charge in [-0.2, -0.15) is 0 Å². The standard InChI is InChI=1S/C17H22ClNO2/c18-11-3-4-15-13(10-11)16-14(2-1-9-20-16)17(21-15)7-5-12(19)6-8-17/h3-4,10,12,14,16H,1-2,5-9,19H2/t12?,14-,16+,17?/m1/s1. The second-order valence-electron chi connectivity index (χ2n) is 6.73. The van der Waals surface area contributed by atoms with Gasteiger partial charge < -0.3 is 15.2 Å². The van der Waals surface area contributed by atoms with E-state index in [2.05, 4.69) is 0 Å². The lowest BCUT2D eigenvalue weighted by molar-refractivity contribution is -0.144. The quantitative estimate of drug-likeness (QED) is 0.792. The van der Waals surface area contributed by atoms with Gasteiger partial charge in [-0.1, -0.05) is 11.6 Å². The average Bonchev–Trinajstić information content (AvgIpc) is 2.51. The fraction of sp³-hybridized carbons (Fsp3) is 0.647. The zero-order valence-corrected chi connectivity index (χ0v) is 12.9. The van der Waals surface area contributed by atoms with E-state index in [4.69, 9.17) is 26.8 Å². The number of ether oxygens (including phenoxy) is 2. The monoisotopic (exact) mass is 307 g/mol. The number of hydrogen-bond acceptors (Lipinski definition) is 3. The number of fused-ring (bicyclic) bond motifs is 4. The average molecular weight is 308 g/mol. The molecule has 1 aromatic rings. The van der Waals surface area contributed by atoms with Gasteiger partial charge in [0.25, 0.3) is 0 Å². The maximum absolute atomic E-state index is 6.54. The second-order valence-corrected chi connectivity index (χ2v) is 7.16. The molecular weight excluding hydrogens is 286 g/mol. The molecule has 2 fully saturated rings. The molecule has 21 heavy (non-hydrogen) atoms. The summed E-state index contributed by atoms with van der Waals surface area (Å²) in [5.74, 6) is 1.39. The third-order valence-electron chi connectivity index (χ3n) is 5.47. The van der Waals surface area contributed by atoms with Crippen molar-refractivity contribution in [2.45, 2.75) is 56.3 Å². The number of benzene rings is 1. The lowest BCUT2D eigenvalue weighted by atomic mass is 9.67. The maximum Gasteiger partial charge on any atom is 0.126 e. The van der Waals surface area contributed by atoms with Crippen molar-refractivity contribution in [3.63, 3.8) is 0 Å². The largest absolute Gasteiger partial charge is 0.486 e. The van der Waals surface area contributed by atoms with Crippen molar-refractivity contribution in [3.05, 3.63) is 28.8 Å². The van der Waals surface area contributed by atoms with Gasteiger partial charge in [0.2, 0.25) is 0 Å². The molecule has 1 aromatic carbocycles. The Morgan fingerprint density at radius 2 is 2.00 bits per heavy atom. The number of hydrogen-bond donors (Lipinski definition) is 1. The van der Waals surface area contributed by atoms with Gasteiger partial charge in [0.05, 0.1) is 6.10 Å². The summed E-state index contributed by atoms with van der Waals surface area (Å²) in [6.45, 7) is 0.836. The van der Waals surface area contributed by atoms with E-state index in [9.17, 15) is 0 Å². The first-order valence-corrected chi connectivity index (χ1v) is 8.41. The van der Waals surface area contributed by atoms with Crippen LogP contribution >= 0.6 is 11.6 Å². The van der Waals surface area contributed by atoms with Crippen LogP contribution in [0.4, 0.5) is 0 Å². The van der Waals surface area contributed by atoms with E-state index in [1.165, 1.54) is 6.42 Å². The Bertz CT molecular complexity index is 540. The van der Waals surface area contributed by atoms with Crippen molar-refractivity contribution in [2.24, 2.45) is 11.7 Å². The highest BCUT2D eigenvalue weighted by Gasteiger charge is 2.52. The third kappa shape index (κ3) is 2.26. The van der Waals surface area contributed by atoms with E-state index < -0.39 is 0 Å². The summed E-state index contributed by atoms with van der Waals surface area (Å²) in [5, 5.41) is 0.756. The first-order chi connectivity index (χ1) is 10.2. The Hall–Kier alpha value is -0.770. The summed E-state index contributed by atoms with van der Waals surface area (Å²) in [6, 6.07) is 6.25. The van der Waals surface area contributed by atoms with Crippen LogP contribution in [-0.4, -0.2) is 18.2 Å². The van der Waals surface area contributed by atoms with Crippen LogP contribution in [0.15, 0.2) is 18.2 Å². The van der Waals surface area contributed by atoms with Crippen molar-refractivity contribution in [2.75, 3.05) is 6.61 Å². The van der Waals surface area contributed by atoms with E-state index in [1.54, 1.807) is 0 Å². The first kappa shape index (κ1) is 13.9. The van der Waals surface area contributed by atoms with Crippen molar-refractivity contribution in [1.29, 1.82) is 0 Å². The zero-order chi connectivity index (χ0) is 14.4. The van der Waals surface area contributed by atoms with Gasteiger partial charge >= 0.3 is 0 Å². The van der Waals surface area contributed by atoms with Crippen LogP contribution in [0, 0.1) is 5.92 Å². The molecule has 0 aromatic heterocycles. The first-order valence-electron chi connectivity index (χ1n) is 8.04. The molecule has 2 atom stereocenters. The summed E-state index contributed by atoms with van der Waals surface area (Å²) < 4.78 is 12.7. The fourth-order valence-electron chi connectivity index (χ4n) is 4.36. The highest BCUT2D eigenvalue weighted by atomic mass is 35.5. The molecule has 1 aliphatic carbocycles. The van der Waals surface area contributed by atoms with E-state index in [0.29, 0.717) is 12.0 Å². The minimum Gasteiger partial charge on any atom is -0.486 e. The molecule has 3 aliphatic rings. The molecule has 1 spiro atoms. The molecule has 4 heteroatoms. The van der Waals surface area contributed by atoms with Crippen LogP contribution in [0.2, 0.25) is 5.02 Å². The second kappa shape index (κ2) is 5.15. The molecule has 0 bridgehead atoms. The van der Waals surface area contributed by atoms with Crippen LogP contribution in [0.25, 0.3) is 0 Å². The van der Waals surface area contributed by atoms with Crippen LogP contribution < -0.4 is 10.5 Å². The van der Waals surface area contributed by atoms with E-state index in [-0.39, 0.29) is 11.7 Å². The van der Waals surface area contributed by atoms with Crippen molar-refractivity contribution in [3.8, 4) is 5.75 Å². The SMILES string of the molecule is NC1CCC2(CC1)Oc1ccc(Cl)cc1[C@@H]1OCCC[C@H]12. The van der Waals surface area contributed by atoms with E-state index in [0.717, 1.165) is 55.0 Å². The van der Waals surface area contributed by atoms with Gasteiger partial charge in [0, 0.05) is 29.2 Å². The van der Waals surface area contributed by atoms with Gasteiger partial charge in [0.15, 0.2) is 0 Å². The Morgan fingerprint density at radius 1 is 1.19 bits per heavy atom. The van der Waals surface area contributed by atoms with Crippen molar-refractivity contribution >= 4 is 11.6 Å². The summed E-state index contributed by atoms with van der Waals surface area (Å²) >= 11 is 6.18. The van der Waals surface area contributed by atoms with E-state index >= 15 is 0 Å². The van der Waals surface area contributed by atoms with Gasteiger partial charge in [-0.3, -0.25) is 0 Å². The Labute approximate surface area is 130 Å². The van der Waals surface area contributed by atoms with E-state index in [1.807, 2.05) is 18.2 Å². The lowest BCUT2D eigenvalue weighted by Crippen LogP contribution is -2.54. The molecule has 114 valence electrons. The number of halogens is 1. The molecule has 2 aliphatic heterocycles. The smallest absolute Gasteiger partial charge is 0.126 e. The normalized spacial score (nSPS) is 38.5. The number of nitrogens with two attached hydrogens (primary N) is 1. The molecule has 1 saturated carbocycles. The van der Waals surface area contributed by atoms with Gasteiger partial charge in [0.1, 0.15) is 11.4 Å². The molecule has 3 nitrogen and oxygen atoms in total. The molecule has 4 rings (SSSR count). The zero-order valence-electron chi connectivity index (χ0n) is 12.2. The van der Waals surface area contributed by atoms with Crippen LogP contribution in [0.1, 0.15) is 50.2 Å². The highest BCUT2D eigenvalue weighted by molar-refractivity contribution is 6.30. The molecular formula is C17H22ClNO2. The van der Waals surface area contributed by atoms with Crippen molar-refractivity contribution in [1.82, 2.24) is 0 Å². The fourth-order valence-corrected chi connectivity index (χ4v) is 4.54. The Balaban J connectivity index is 1.75. The Kier molecular flexibility index (Phi) is 3.40. The third-order valence-corrected chi connectivity index (χ3v) is 5.70. The topological polar surface area (TPSA) is 44.5 Å². The summed E-state index contributed by atoms with van der Waals surface area (Å²) in [6.07, 6.45) is 6.61. The molecule has 2 heterocycles. The minimum absolute atomic E-state index is 0.0816. The van der Waals surface area contributed by atoms with Crippen LogP contribution in [0.3, 0.4) is 0 Å². The van der Waals surface area contributed by atoms with Gasteiger partial charge in [-0.05, 0) is 56.7 Å². The molecule has 1 saturated heterocycles. The minimum atomic E-state index is -0.0816. The molecule has 0 amide bonds. The maximum atomic E-state index is 6.54. The molecule has 2 N–H and O–H groups in total. The highest BCUT2D eigenvalue weighted by Crippen LogP contribution is 2.54. The van der Waals surface area contributed by atoms with Crippen LogP contribution in [0.5, 0.6) is 5.75 Å². The Morgan fingerprint density at radius 3 is 2.81 bits per heavy atom. The molecule has 0 unspecified atom stereocenters. The van der Waals surface area contributed by atoms with Gasteiger partial charge in [-0.25, -0.2) is 0 Å². The lowest BCUT2D eigenvalue weighted by Gasteiger charge is -2.52. The van der Waals surface area contributed by atoms with Gasteiger partial charge in [-0.15, -0.1) is 0 Å². The van der Waals surface area contributed by atoms with Crippen LogP contribution in [-0.2, 0) is 4.74 Å². The van der Waals surface area contributed by atoms with Crippen molar-refractivity contribution < 1.29 is 9.47 Å². The summed E-state index contributed by atoms with van der Waals surface area (Å²) in [4.78, 5) is 0. The summed E-state index contributed by atoms with van der Waals surface area (Å²) in [5.41, 5.74) is 7.15. The number of rotatable bonds is 0.